The molecule has 0 heterocycles. The fraction of sp³-hybridized carbons (Fsp3) is 0.552. The summed E-state index contributed by atoms with van der Waals surface area (Å²) in [6.07, 6.45) is 3.73. The number of urea groups is 1. The molecular weight excluding hydrogens is 473 g/mol. The van der Waals surface area contributed by atoms with Crippen molar-refractivity contribution < 1.29 is 23.8 Å². The fourth-order valence-electron chi connectivity index (χ4n) is 4.36. The van der Waals surface area contributed by atoms with Crippen molar-refractivity contribution in [1.82, 2.24) is 15.5 Å². The van der Waals surface area contributed by atoms with Crippen LogP contribution in [0.5, 0.6) is 11.5 Å². The first-order chi connectivity index (χ1) is 17.7. The number of nitrogens with zero attached hydrogens (tertiary/aromatic N) is 1. The third-order valence-electron chi connectivity index (χ3n) is 6.52. The average molecular weight is 518 g/mol. The lowest BCUT2D eigenvalue weighted by Gasteiger charge is -2.31. The van der Waals surface area contributed by atoms with E-state index in [1.165, 1.54) is 6.07 Å². The van der Waals surface area contributed by atoms with Crippen molar-refractivity contribution in [2.24, 2.45) is 0 Å². The van der Waals surface area contributed by atoms with E-state index < -0.39 is 11.4 Å². The van der Waals surface area contributed by atoms with Crippen LogP contribution in [0.3, 0.4) is 0 Å². The third kappa shape index (κ3) is 9.61. The Balaban J connectivity index is 2.15. The number of nitrogens with one attached hydrogen (secondary N) is 2. The molecule has 0 fully saturated rings. The van der Waals surface area contributed by atoms with Gasteiger partial charge in [0.15, 0.2) is 11.6 Å². The monoisotopic (exact) mass is 517 g/mol. The number of aliphatic hydroxyl groups is 1. The van der Waals surface area contributed by atoms with Crippen molar-refractivity contribution in [3.63, 3.8) is 0 Å². The predicted molar refractivity (Wildman–Crippen MR) is 146 cm³/mol. The van der Waals surface area contributed by atoms with Crippen molar-refractivity contribution in [2.45, 2.75) is 64.0 Å². The summed E-state index contributed by atoms with van der Waals surface area (Å²) >= 11 is 0. The van der Waals surface area contributed by atoms with Gasteiger partial charge in [0.2, 0.25) is 0 Å². The summed E-state index contributed by atoms with van der Waals surface area (Å²) in [5.74, 6) is 0.0972. The number of halogens is 1. The first-order valence-corrected chi connectivity index (χ1v) is 13.1. The molecule has 0 spiro atoms. The molecule has 206 valence electrons. The standard InChI is InChI=1S/C29H44FN3O4/c1-22-13-6-7-16-26(22)37-27-24(14-12-15-25(27)30)29(35,18-9-11-20-36-5)17-8-10-19-33(4)28(34)32-23(2)21-31-3/h6-7,12-16,23,31,35H,8-11,17-21H2,1-5H3,(H,32,34)/t23-,29+/m0/s1. The van der Waals surface area contributed by atoms with Gasteiger partial charge in [0.25, 0.3) is 0 Å². The molecule has 2 atom stereocenters. The van der Waals surface area contributed by atoms with Gasteiger partial charge in [-0.05, 0) is 77.1 Å². The Morgan fingerprint density at radius 1 is 1.11 bits per heavy atom. The molecule has 0 aliphatic rings. The van der Waals surface area contributed by atoms with Gasteiger partial charge in [-0.3, -0.25) is 0 Å². The number of hydrogen-bond acceptors (Lipinski definition) is 5. The number of benzene rings is 2. The zero-order chi connectivity index (χ0) is 27.3. The summed E-state index contributed by atoms with van der Waals surface area (Å²) in [6, 6.07) is 12.0. The molecule has 37 heavy (non-hydrogen) atoms. The molecule has 0 saturated carbocycles. The zero-order valence-electron chi connectivity index (χ0n) is 23.0. The van der Waals surface area contributed by atoms with Gasteiger partial charge in [0.05, 0.1) is 5.60 Å². The van der Waals surface area contributed by atoms with E-state index in [1.807, 2.05) is 39.1 Å². The minimum Gasteiger partial charge on any atom is -0.454 e. The quantitative estimate of drug-likeness (QED) is 0.262. The van der Waals surface area contributed by atoms with Crippen molar-refractivity contribution in [3.05, 3.63) is 59.4 Å². The highest BCUT2D eigenvalue weighted by Gasteiger charge is 2.33. The van der Waals surface area contributed by atoms with E-state index in [9.17, 15) is 9.90 Å². The van der Waals surface area contributed by atoms with Crippen LogP contribution in [0.25, 0.3) is 0 Å². The molecule has 0 unspecified atom stereocenters. The third-order valence-corrected chi connectivity index (χ3v) is 6.52. The Kier molecular flexibility index (Phi) is 12.8. The summed E-state index contributed by atoms with van der Waals surface area (Å²) in [6.45, 7) is 5.68. The van der Waals surface area contributed by atoms with Crippen LogP contribution in [-0.2, 0) is 10.3 Å². The lowest BCUT2D eigenvalue weighted by molar-refractivity contribution is 0.00955. The van der Waals surface area contributed by atoms with E-state index >= 15 is 4.39 Å². The maximum atomic E-state index is 15.1. The van der Waals surface area contributed by atoms with Gasteiger partial charge in [0.1, 0.15) is 5.75 Å². The summed E-state index contributed by atoms with van der Waals surface area (Å²) < 4.78 is 26.3. The minimum absolute atomic E-state index is 0.0248. The minimum atomic E-state index is -1.28. The Morgan fingerprint density at radius 2 is 1.81 bits per heavy atom. The van der Waals surface area contributed by atoms with E-state index in [1.54, 1.807) is 37.3 Å². The Morgan fingerprint density at radius 3 is 2.49 bits per heavy atom. The summed E-state index contributed by atoms with van der Waals surface area (Å²) in [4.78, 5) is 14.0. The van der Waals surface area contributed by atoms with Gasteiger partial charge < -0.3 is 30.1 Å². The second-order valence-electron chi connectivity index (χ2n) is 9.75. The summed E-state index contributed by atoms with van der Waals surface area (Å²) in [5, 5.41) is 17.9. The first-order valence-electron chi connectivity index (χ1n) is 13.1. The molecule has 0 saturated heterocycles. The number of unbranched alkanes of at least 4 members (excludes halogenated alkanes) is 2. The highest BCUT2D eigenvalue weighted by atomic mass is 19.1. The topological polar surface area (TPSA) is 83.1 Å². The van der Waals surface area contributed by atoms with Gasteiger partial charge >= 0.3 is 6.03 Å². The Labute approximate surface area is 221 Å². The average Bonchev–Trinajstić information content (AvgIpc) is 2.87. The van der Waals surface area contributed by atoms with Crippen LogP contribution >= 0.6 is 0 Å². The molecule has 2 aromatic rings. The van der Waals surface area contributed by atoms with E-state index in [4.69, 9.17) is 9.47 Å². The van der Waals surface area contributed by atoms with E-state index in [-0.39, 0.29) is 17.8 Å². The zero-order valence-corrected chi connectivity index (χ0v) is 23.0. The number of hydrogen-bond donors (Lipinski definition) is 3. The van der Waals surface area contributed by atoms with Crippen LogP contribution in [-0.4, -0.2) is 63.0 Å². The van der Waals surface area contributed by atoms with Crippen LogP contribution in [0, 0.1) is 12.7 Å². The molecule has 2 rings (SSSR count). The fourth-order valence-corrected chi connectivity index (χ4v) is 4.36. The molecule has 7 nitrogen and oxygen atoms in total. The number of carbonyl (C=O) groups excluding carboxylic acids is 1. The highest BCUT2D eigenvalue weighted by Crippen LogP contribution is 2.41. The molecule has 3 N–H and O–H groups in total. The number of carbonyl (C=O) groups is 1. The van der Waals surface area contributed by atoms with Gasteiger partial charge in [-0.15, -0.1) is 0 Å². The largest absolute Gasteiger partial charge is 0.454 e. The Bertz CT molecular complexity index is 974. The maximum absolute atomic E-state index is 15.1. The van der Waals surface area contributed by atoms with E-state index in [0.717, 1.165) is 18.4 Å². The van der Waals surface area contributed by atoms with Crippen molar-refractivity contribution >= 4 is 6.03 Å². The number of para-hydroxylation sites is 2. The molecule has 8 heteroatoms. The second kappa shape index (κ2) is 15.5. The van der Waals surface area contributed by atoms with Gasteiger partial charge in [-0.2, -0.15) is 0 Å². The summed E-state index contributed by atoms with van der Waals surface area (Å²) in [7, 11) is 5.26. The van der Waals surface area contributed by atoms with Crippen LogP contribution in [0.15, 0.2) is 42.5 Å². The molecule has 0 aliphatic carbocycles. The SMILES string of the molecule is CNC[C@H](C)NC(=O)N(C)CCCC[C@@](O)(CCCCOC)c1cccc(F)c1Oc1ccccc1C. The molecule has 0 aromatic heterocycles. The molecule has 0 bridgehead atoms. The van der Waals surface area contributed by atoms with Crippen molar-refractivity contribution in [1.29, 1.82) is 0 Å². The lowest BCUT2D eigenvalue weighted by atomic mass is 9.83. The normalized spacial score (nSPS) is 13.6. The van der Waals surface area contributed by atoms with Gasteiger partial charge in [-0.1, -0.05) is 30.3 Å². The van der Waals surface area contributed by atoms with Crippen molar-refractivity contribution in [3.8, 4) is 11.5 Å². The van der Waals surface area contributed by atoms with Crippen LogP contribution < -0.4 is 15.4 Å². The van der Waals surface area contributed by atoms with Crippen LogP contribution in [0.4, 0.5) is 9.18 Å². The van der Waals surface area contributed by atoms with Crippen LogP contribution in [0.1, 0.15) is 56.6 Å². The van der Waals surface area contributed by atoms with Gasteiger partial charge in [-0.25, -0.2) is 9.18 Å². The molecule has 2 aromatic carbocycles. The first kappa shape index (κ1) is 30.5. The van der Waals surface area contributed by atoms with Crippen LogP contribution in [0.2, 0.25) is 0 Å². The predicted octanol–water partition coefficient (Wildman–Crippen LogP) is 5.35. The maximum Gasteiger partial charge on any atom is 0.317 e. The van der Waals surface area contributed by atoms with Gasteiger partial charge in [0, 0.05) is 45.5 Å². The number of amides is 2. The highest BCUT2D eigenvalue weighted by molar-refractivity contribution is 5.74. The lowest BCUT2D eigenvalue weighted by Crippen LogP contribution is -2.45. The second-order valence-corrected chi connectivity index (χ2v) is 9.75. The number of rotatable bonds is 16. The smallest absolute Gasteiger partial charge is 0.317 e. The van der Waals surface area contributed by atoms with E-state index in [2.05, 4.69) is 10.6 Å². The number of aryl methyl sites for hydroxylation is 1. The number of ether oxygens (including phenoxy) is 2. The number of likely N-dealkylation sites (N-methyl/N-ethyl adjacent to an activating group) is 1. The molecule has 0 radical (unpaired) electrons. The number of methoxy groups -OCH3 is 1. The van der Waals surface area contributed by atoms with E-state index in [0.29, 0.717) is 56.7 Å². The Hall–Kier alpha value is -2.68. The summed E-state index contributed by atoms with van der Waals surface area (Å²) in [5.41, 5.74) is 0.0431. The molecule has 0 aliphatic heterocycles. The van der Waals surface area contributed by atoms with Crippen molar-refractivity contribution in [2.75, 3.05) is 40.9 Å². The molecule has 2 amide bonds. The molecular formula is C29H44FN3O4.